The molecule has 1 N–H and O–H groups in total. The van der Waals surface area contributed by atoms with Crippen molar-refractivity contribution in [1.82, 2.24) is 9.78 Å². The van der Waals surface area contributed by atoms with E-state index in [-0.39, 0.29) is 5.56 Å². The van der Waals surface area contributed by atoms with Gasteiger partial charge in [0.1, 0.15) is 5.82 Å². The summed E-state index contributed by atoms with van der Waals surface area (Å²) in [6, 6.07) is 15.3. The molecule has 0 aliphatic rings. The first-order valence-corrected chi connectivity index (χ1v) is 7.30. The highest BCUT2D eigenvalue weighted by atomic mass is 79.9. The van der Waals surface area contributed by atoms with Crippen molar-refractivity contribution < 1.29 is 9.18 Å². The van der Waals surface area contributed by atoms with E-state index >= 15 is 0 Å². The first-order valence-electron chi connectivity index (χ1n) is 6.51. The van der Waals surface area contributed by atoms with Crippen LogP contribution >= 0.6 is 15.9 Å². The molecule has 0 spiro atoms. The lowest BCUT2D eigenvalue weighted by Gasteiger charge is -2.04. The van der Waals surface area contributed by atoms with Crippen molar-refractivity contribution in [1.29, 1.82) is 0 Å². The zero-order chi connectivity index (χ0) is 15.5. The molecule has 3 aromatic rings. The predicted octanol–water partition coefficient (Wildman–Crippen LogP) is 4.03. The van der Waals surface area contributed by atoms with Crippen LogP contribution in [-0.2, 0) is 0 Å². The van der Waals surface area contributed by atoms with Gasteiger partial charge in [-0.15, -0.1) is 0 Å². The van der Waals surface area contributed by atoms with E-state index in [2.05, 4.69) is 26.3 Å². The number of carbonyl (C=O) groups is 1. The van der Waals surface area contributed by atoms with Gasteiger partial charge >= 0.3 is 0 Å². The predicted molar refractivity (Wildman–Crippen MR) is 85.6 cm³/mol. The minimum absolute atomic E-state index is 0.0383. The van der Waals surface area contributed by atoms with E-state index in [0.29, 0.717) is 10.3 Å². The number of nitrogens with zero attached hydrogens (tertiary/aromatic N) is 2. The Balaban J connectivity index is 1.81. The second-order valence-corrected chi connectivity index (χ2v) is 5.48. The van der Waals surface area contributed by atoms with Crippen LogP contribution in [0, 0.1) is 5.82 Å². The minimum Gasteiger partial charge on any atom is -0.305 e. The Morgan fingerprint density at radius 2 is 1.91 bits per heavy atom. The third-order valence-electron chi connectivity index (χ3n) is 3.02. The molecular formula is C16H11BrFN3O. The Kier molecular flexibility index (Phi) is 4.02. The molecule has 3 rings (SSSR count). The number of hydrogen-bond donors (Lipinski definition) is 1. The number of nitrogens with one attached hydrogen (secondary N) is 1. The van der Waals surface area contributed by atoms with Crippen LogP contribution in [0.25, 0.3) is 5.69 Å². The summed E-state index contributed by atoms with van der Waals surface area (Å²) in [5, 5.41) is 6.83. The van der Waals surface area contributed by atoms with Gasteiger partial charge in [-0.3, -0.25) is 4.79 Å². The van der Waals surface area contributed by atoms with Gasteiger partial charge in [0.05, 0.1) is 11.3 Å². The van der Waals surface area contributed by atoms with Crippen LogP contribution in [0.5, 0.6) is 0 Å². The minimum atomic E-state index is -0.580. The summed E-state index contributed by atoms with van der Waals surface area (Å²) in [5.41, 5.74) is 0.834. The van der Waals surface area contributed by atoms with E-state index in [4.69, 9.17) is 0 Å². The van der Waals surface area contributed by atoms with Crippen molar-refractivity contribution in [2.45, 2.75) is 0 Å². The summed E-state index contributed by atoms with van der Waals surface area (Å²) in [7, 11) is 0. The SMILES string of the molecule is O=C(Nc1ccn(-c2ccccc2)n1)c1cc(Br)ccc1F. The number of benzene rings is 2. The number of hydrogen-bond acceptors (Lipinski definition) is 2. The van der Waals surface area contributed by atoms with Crippen LogP contribution in [0.2, 0.25) is 0 Å². The first kappa shape index (κ1) is 14.5. The molecule has 0 bridgehead atoms. The molecule has 2 aromatic carbocycles. The maximum atomic E-state index is 13.7. The van der Waals surface area contributed by atoms with Gasteiger partial charge in [-0.2, -0.15) is 5.10 Å². The Bertz CT molecular complexity index is 817. The molecule has 0 aliphatic heterocycles. The molecular weight excluding hydrogens is 349 g/mol. The van der Waals surface area contributed by atoms with Gasteiger partial charge in [0.25, 0.3) is 5.91 Å². The fourth-order valence-corrected chi connectivity index (χ4v) is 2.33. The molecule has 6 heteroatoms. The zero-order valence-corrected chi connectivity index (χ0v) is 12.9. The van der Waals surface area contributed by atoms with E-state index in [1.54, 1.807) is 16.9 Å². The number of halogens is 2. The highest BCUT2D eigenvalue weighted by molar-refractivity contribution is 9.10. The smallest absolute Gasteiger partial charge is 0.259 e. The van der Waals surface area contributed by atoms with E-state index in [0.717, 1.165) is 5.69 Å². The molecule has 22 heavy (non-hydrogen) atoms. The Hall–Kier alpha value is -2.47. The summed E-state index contributed by atoms with van der Waals surface area (Å²) in [6.07, 6.45) is 1.72. The van der Waals surface area contributed by atoms with E-state index in [1.165, 1.54) is 18.2 Å². The first-order chi connectivity index (χ1) is 10.6. The van der Waals surface area contributed by atoms with Crippen LogP contribution in [0.4, 0.5) is 10.2 Å². The molecule has 0 atom stereocenters. The topological polar surface area (TPSA) is 46.9 Å². The molecule has 0 radical (unpaired) electrons. The fraction of sp³-hybridized carbons (Fsp3) is 0. The molecule has 1 amide bonds. The van der Waals surface area contributed by atoms with Gasteiger partial charge in [0.15, 0.2) is 5.82 Å². The van der Waals surface area contributed by atoms with Gasteiger partial charge in [-0.25, -0.2) is 9.07 Å². The highest BCUT2D eigenvalue weighted by Gasteiger charge is 2.13. The average molecular weight is 360 g/mol. The van der Waals surface area contributed by atoms with Crippen molar-refractivity contribution in [3.63, 3.8) is 0 Å². The Labute approximate surface area is 134 Å². The van der Waals surface area contributed by atoms with Crippen LogP contribution in [0.1, 0.15) is 10.4 Å². The van der Waals surface area contributed by atoms with Gasteiger partial charge in [0.2, 0.25) is 0 Å². The van der Waals surface area contributed by atoms with E-state index in [1.807, 2.05) is 30.3 Å². The molecule has 0 saturated heterocycles. The molecule has 0 unspecified atom stereocenters. The third-order valence-corrected chi connectivity index (χ3v) is 3.52. The van der Waals surface area contributed by atoms with Crippen LogP contribution < -0.4 is 5.32 Å². The molecule has 0 saturated carbocycles. The van der Waals surface area contributed by atoms with Gasteiger partial charge < -0.3 is 5.32 Å². The van der Waals surface area contributed by atoms with Gasteiger partial charge in [-0.05, 0) is 30.3 Å². The molecule has 4 nitrogen and oxygen atoms in total. The molecule has 110 valence electrons. The summed E-state index contributed by atoms with van der Waals surface area (Å²) in [4.78, 5) is 12.1. The second-order valence-electron chi connectivity index (χ2n) is 4.56. The summed E-state index contributed by atoms with van der Waals surface area (Å²) < 4.78 is 16.0. The summed E-state index contributed by atoms with van der Waals surface area (Å²) in [6.45, 7) is 0. The molecule has 0 fully saturated rings. The second kappa shape index (κ2) is 6.11. The normalized spacial score (nSPS) is 10.5. The lowest BCUT2D eigenvalue weighted by atomic mass is 10.2. The van der Waals surface area contributed by atoms with E-state index < -0.39 is 11.7 Å². The summed E-state index contributed by atoms with van der Waals surface area (Å²) >= 11 is 3.22. The maximum Gasteiger partial charge on any atom is 0.259 e. The zero-order valence-electron chi connectivity index (χ0n) is 11.3. The third kappa shape index (κ3) is 3.07. The number of anilines is 1. The van der Waals surface area contributed by atoms with Crippen molar-refractivity contribution in [3.8, 4) is 5.69 Å². The number of aromatic nitrogens is 2. The van der Waals surface area contributed by atoms with Gasteiger partial charge in [-0.1, -0.05) is 34.1 Å². The standard InChI is InChI=1S/C16H11BrFN3O/c17-11-6-7-14(18)13(10-11)16(22)19-15-8-9-21(20-15)12-4-2-1-3-5-12/h1-10H,(H,19,20,22). The lowest BCUT2D eigenvalue weighted by Crippen LogP contribution is -2.14. The molecule has 1 aromatic heterocycles. The number of para-hydroxylation sites is 1. The molecule has 1 heterocycles. The highest BCUT2D eigenvalue weighted by Crippen LogP contribution is 2.17. The van der Waals surface area contributed by atoms with Crippen molar-refractivity contribution in [2.24, 2.45) is 0 Å². The van der Waals surface area contributed by atoms with Gasteiger partial charge in [0, 0.05) is 16.7 Å². The summed E-state index contributed by atoms with van der Waals surface area (Å²) in [5.74, 6) is -0.770. The number of rotatable bonds is 3. The largest absolute Gasteiger partial charge is 0.305 e. The number of carbonyl (C=O) groups excluding carboxylic acids is 1. The van der Waals surface area contributed by atoms with Crippen molar-refractivity contribution in [2.75, 3.05) is 5.32 Å². The van der Waals surface area contributed by atoms with E-state index in [9.17, 15) is 9.18 Å². The monoisotopic (exact) mass is 359 g/mol. The fourth-order valence-electron chi connectivity index (χ4n) is 1.97. The Morgan fingerprint density at radius 3 is 2.68 bits per heavy atom. The quantitative estimate of drug-likeness (QED) is 0.767. The Morgan fingerprint density at radius 1 is 1.14 bits per heavy atom. The van der Waals surface area contributed by atoms with Crippen LogP contribution in [0.3, 0.4) is 0 Å². The van der Waals surface area contributed by atoms with Crippen molar-refractivity contribution >= 4 is 27.7 Å². The number of amides is 1. The van der Waals surface area contributed by atoms with Crippen molar-refractivity contribution in [3.05, 3.63) is 76.6 Å². The van der Waals surface area contributed by atoms with Crippen LogP contribution in [0.15, 0.2) is 65.3 Å². The van der Waals surface area contributed by atoms with Crippen LogP contribution in [-0.4, -0.2) is 15.7 Å². The average Bonchev–Trinajstić information content (AvgIpc) is 2.99. The lowest BCUT2D eigenvalue weighted by molar-refractivity contribution is 0.102. The molecule has 0 aliphatic carbocycles. The maximum absolute atomic E-state index is 13.7.